The van der Waals surface area contributed by atoms with E-state index in [-0.39, 0.29) is 18.0 Å². The minimum atomic E-state index is -0.274. The average Bonchev–Trinajstić information content (AvgIpc) is 2.92. The molecule has 1 saturated heterocycles. The Balaban J connectivity index is 1.64. The fourth-order valence-corrected chi connectivity index (χ4v) is 3.49. The van der Waals surface area contributed by atoms with Crippen molar-refractivity contribution in [2.75, 3.05) is 16.8 Å². The maximum Gasteiger partial charge on any atom is 0.319 e. The molecule has 2 N–H and O–H groups in total. The first kappa shape index (κ1) is 18.0. The molecule has 1 fully saturated rings. The number of nitrogens with one attached hydrogen (secondary N) is 2. The van der Waals surface area contributed by atoms with Crippen LogP contribution in [-0.4, -0.2) is 24.5 Å². The lowest BCUT2D eigenvalue weighted by atomic mass is 10.1. The number of carbonyl (C=O) groups is 2. The molecule has 0 aliphatic carbocycles. The molecule has 2 aromatic rings. The van der Waals surface area contributed by atoms with Crippen LogP contribution in [0.15, 0.2) is 36.4 Å². The maximum atomic E-state index is 12.4. The minimum absolute atomic E-state index is 0.0295. The molecule has 1 heterocycles. The molecule has 0 aromatic heterocycles. The van der Waals surface area contributed by atoms with Crippen LogP contribution in [0.5, 0.6) is 0 Å². The molecule has 0 saturated carbocycles. The van der Waals surface area contributed by atoms with Crippen LogP contribution in [0, 0.1) is 27.7 Å². The molecule has 1 atom stereocenters. The number of hydrogen-bond acceptors (Lipinski definition) is 2. The number of amides is 3. The minimum Gasteiger partial charge on any atom is -0.333 e. The van der Waals surface area contributed by atoms with E-state index >= 15 is 0 Å². The van der Waals surface area contributed by atoms with Crippen LogP contribution in [-0.2, 0) is 4.79 Å². The summed E-state index contributed by atoms with van der Waals surface area (Å²) in [6.45, 7) is 8.50. The number of aryl methyl sites for hydroxylation is 4. The summed E-state index contributed by atoms with van der Waals surface area (Å²) in [5, 5.41) is 5.86. The van der Waals surface area contributed by atoms with E-state index in [0.717, 1.165) is 28.1 Å². The van der Waals surface area contributed by atoms with E-state index < -0.39 is 0 Å². The number of nitrogens with zero attached hydrogens (tertiary/aromatic N) is 1. The lowest BCUT2D eigenvalue weighted by Crippen LogP contribution is -2.40. The number of benzene rings is 2. The van der Waals surface area contributed by atoms with Gasteiger partial charge in [-0.25, -0.2) is 4.79 Å². The van der Waals surface area contributed by atoms with Crippen molar-refractivity contribution >= 4 is 23.3 Å². The van der Waals surface area contributed by atoms with Crippen molar-refractivity contribution in [1.82, 2.24) is 5.32 Å². The second-order valence-corrected chi connectivity index (χ2v) is 7.11. The number of rotatable bonds is 3. The van der Waals surface area contributed by atoms with Gasteiger partial charge in [0.2, 0.25) is 5.91 Å². The van der Waals surface area contributed by atoms with E-state index in [2.05, 4.69) is 10.6 Å². The van der Waals surface area contributed by atoms with Gasteiger partial charge in [-0.3, -0.25) is 4.79 Å². The van der Waals surface area contributed by atoms with Crippen LogP contribution in [0.2, 0.25) is 0 Å². The monoisotopic (exact) mass is 351 g/mol. The van der Waals surface area contributed by atoms with Gasteiger partial charge in [-0.2, -0.15) is 0 Å². The molecule has 2 aromatic carbocycles. The summed E-state index contributed by atoms with van der Waals surface area (Å²) in [7, 11) is 0. The van der Waals surface area contributed by atoms with Crippen molar-refractivity contribution in [2.45, 2.75) is 40.2 Å². The van der Waals surface area contributed by atoms with Crippen molar-refractivity contribution in [3.05, 3.63) is 58.7 Å². The third-order valence-corrected chi connectivity index (χ3v) is 4.72. The third kappa shape index (κ3) is 3.87. The van der Waals surface area contributed by atoms with Crippen LogP contribution in [0.1, 0.15) is 28.7 Å². The Bertz CT molecular complexity index is 820. The number of anilines is 2. The van der Waals surface area contributed by atoms with Gasteiger partial charge in [0.1, 0.15) is 0 Å². The van der Waals surface area contributed by atoms with E-state index in [1.54, 1.807) is 4.90 Å². The molecule has 5 heteroatoms. The molecule has 3 rings (SSSR count). The summed E-state index contributed by atoms with van der Waals surface area (Å²) < 4.78 is 0. The highest BCUT2D eigenvalue weighted by atomic mass is 16.2. The molecule has 1 aliphatic rings. The second-order valence-electron chi connectivity index (χ2n) is 7.11. The Morgan fingerprint density at radius 1 is 1.00 bits per heavy atom. The van der Waals surface area contributed by atoms with Gasteiger partial charge in [0, 0.05) is 24.3 Å². The van der Waals surface area contributed by atoms with Crippen molar-refractivity contribution in [3.63, 3.8) is 0 Å². The van der Waals surface area contributed by atoms with Crippen LogP contribution < -0.4 is 15.5 Å². The smallest absolute Gasteiger partial charge is 0.319 e. The second kappa shape index (κ2) is 7.20. The Labute approximate surface area is 154 Å². The summed E-state index contributed by atoms with van der Waals surface area (Å²) >= 11 is 0. The van der Waals surface area contributed by atoms with E-state index in [1.807, 2.05) is 64.1 Å². The summed E-state index contributed by atoms with van der Waals surface area (Å²) in [5.41, 5.74) is 6.07. The summed E-state index contributed by atoms with van der Waals surface area (Å²) in [6.07, 6.45) is 0.313. The van der Waals surface area contributed by atoms with Crippen molar-refractivity contribution in [1.29, 1.82) is 0 Å². The molecule has 3 amide bonds. The van der Waals surface area contributed by atoms with Crippen LogP contribution in [0.4, 0.5) is 16.2 Å². The SMILES string of the molecule is Cc1ccc(N2CC(NC(=O)Nc3c(C)cc(C)cc3C)CC2=O)cc1. The molecule has 5 nitrogen and oxygen atoms in total. The third-order valence-electron chi connectivity index (χ3n) is 4.72. The van der Waals surface area contributed by atoms with E-state index in [9.17, 15) is 9.59 Å². The first-order valence-corrected chi connectivity index (χ1v) is 8.86. The largest absolute Gasteiger partial charge is 0.333 e. The average molecular weight is 351 g/mol. The van der Waals surface area contributed by atoms with Crippen LogP contribution in [0.3, 0.4) is 0 Å². The zero-order valence-electron chi connectivity index (χ0n) is 15.7. The van der Waals surface area contributed by atoms with E-state index in [1.165, 1.54) is 5.56 Å². The zero-order chi connectivity index (χ0) is 18.8. The van der Waals surface area contributed by atoms with Crippen LogP contribution >= 0.6 is 0 Å². The van der Waals surface area contributed by atoms with E-state index in [0.29, 0.717) is 13.0 Å². The highest BCUT2D eigenvalue weighted by Gasteiger charge is 2.31. The van der Waals surface area contributed by atoms with E-state index in [4.69, 9.17) is 0 Å². The van der Waals surface area contributed by atoms with Gasteiger partial charge in [-0.15, -0.1) is 0 Å². The predicted octanol–water partition coefficient (Wildman–Crippen LogP) is 3.85. The molecule has 1 aliphatic heterocycles. The lowest BCUT2D eigenvalue weighted by molar-refractivity contribution is -0.117. The van der Waals surface area contributed by atoms with Gasteiger partial charge in [0.15, 0.2) is 0 Å². The number of urea groups is 1. The Hall–Kier alpha value is -2.82. The van der Waals surface area contributed by atoms with Gasteiger partial charge >= 0.3 is 6.03 Å². The quantitative estimate of drug-likeness (QED) is 0.882. The zero-order valence-corrected chi connectivity index (χ0v) is 15.7. The summed E-state index contributed by atoms with van der Waals surface area (Å²) in [6, 6.07) is 11.5. The first-order chi connectivity index (χ1) is 12.3. The molecule has 1 unspecified atom stereocenters. The molecule has 0 spiro atoms. The highest BCUT2D eigenvalue weighted by Crippen LogP contribution is 2.23. The van der Waals surface area contributed by atoms with Crippen molar-refractivity contribution < 1.29 is 9.59 Å². The first-order valence-electron chi connectivity index (χ1n) is 8.86. The fourth-order valence-electron chi connectivity index (χ4n) is 3.49. The number of hydrogen-bond donors (Lipinski definition) is 2. The van der Waals surface area contributed by atoms with Gasteiger partial charge in [-0.05, 0) is 51.0 Å². The molecular formula is C21H25N3O2. The molecular weight excluding hydrogens is 326 g/mol. The fraction of sp³-hybridized carbons (Fsp3) is 0.333. The molecule has 136 valence electrons. The van der Waals surface area contributed by atoms with Crippen LogP contribution in [0.25, 0.3) is 0 Å². The standard InChI is InChI=1S/C21H25N3O2/c1-13-5-7-18(8-6-13)24-12-17(11-19(24)25)22-21(26)23-20-15(3)9-14(2)10-16(20)4/h5-10,17H,11-12H2,1-4H3,(H2,22,23,26). The number of carbonyl (C=O) groups excluding carboxylic acids is 2. The molecule has 0 radical (unpaired) electrons. The normalized spacial score (nSPS) is 16.7. The Kier molecular flexibility index (Phi) is 4.98. The Morgan fingerprint density at radius 2 is 1.62 bits per heavy atom. The highest BCUT2D eigenvalue weighted by molar-refractivity contribution is 5.98. The summed E-state index contributed by atoms with van der Waals surface area (Å²) in [5.74, 6) is 0.0295. The predicted molar refractivity (Wildman–Crippen MR) is 105 cm³/mol. The van der Waals surface area contributed by atoms with Gasteiger partial charge in [0.25, 0.3) is 0 Å². The van der Waals surface area contributed by atoms with Gasteiger partial charge in [-0.1, -0.05) is 35.4 Å². The Morgan fingerprint density at radius 3 is 2.23 bits per heavy atom. The lowest BCUT2D eigenvalue weighted by Gasteiger charge is -2.18. The molecule has 0 bridgehead atoms. The summed E-state index contributed by atoms with van der Waals surface area (Å²) in [4.78, 5) is 26.4. The van der Waals surface area contributed by atoms with Crippen molar-refractivity contribution in [2.24, 2.45) is 0 Å². The van der Waals surface area contributed by atoms with Gasteiger partial charge in [0.05, 0.1) is 6.04 Å². The van der Waals surface area contributed by atoms with Crippen molar-refractivity contribution in [3.8, 4) is 0 Å². The van der Waals surface area contributed by atoms with Gasteiger partial charge < -0.3 is 15.5 Å². The molecule has 26 heavy (non-hydrogen) atoms. The maximum absolute atomic E-state index is 12.4. The topological polar surface area (TPSA) is 61.4 Å².